The largest absolute Gasteiger partial charge is 0.503 e. The van der Waals surface area contributed by atoms with Crippen molar-refractivity contribution in [1.82, 2.24) is 4.90 Å². The molecule has 1 N–H and O–H groups in total. The molecule has 0 saturated heterocycles. The van der Waals surface area contributed by atoms with E-state index >= 15 is 0 Å². The Morgan fingerprint density at radius 3 is 2.34 bits per heavy atom. The summed E-state index contributed by atoms with van der Waals surface area (Å²) in [4.78, 5) is 27.7. The molecule has 0 radical (unpaired) electrons. The summed E-state index contributed by atoms with van der Waals surface area (Å²) in [6.07, 6.45) is 0. The number of aliphatic hydroxyl groups is 1. The van der Waals surface area contributed by atoms with E-state index in [2.05, 4.69) is 20.8 Å². The third kappa shape index (κ3) is 4.72. The Hall–Kier alpha value is -3.08. The highest BCUT2D eigenvalue weighted by Crippen LogP contribution is 2.40. The molecule has 1 heterocycles. The first kappa shape index (κ1) is 23.6. The van der Waals surface area contributed by atoms with Crippen LogP contribution in [-0.4, -0.2) is 28.3 Å². The highest BCUT2D eigenvalue weighted by atomic mass is 16.5. The molecule has 5 nitrogen and oxygen atoms in total. The topological polar surface area (TPSA) is 66.8 Å². The number of hydrogen-bond donors (Lipinski definition) is 1. The minimum Gasteiger partial charge on any atom is -0.503 e. The van der Waals surface area contributed by atoms with E-state index in [1.807, 2.05) is 55.5 Å². The summed E-state index contributed by atoms with van der Waals surface area (Å²) in [6, 6.07) is 14.9. The van der Waals surface area contributed by atoms with Gasteiger partial charge in [-0.25, -0.2) is 0 Å². The molecule has 170 valence electrons. The van der Waals surface area contributed by atoms with E-state index in [-0.39, 0.29) is 29.2 Å². The Morgan fingerprint density at radius 1 is 1.12 bits per heavy atom. The van der Waals surface area contributed by atoms with Crippen molar-refractivity contribution in [2.24, 2.45) is 5.92 Å². The van der Waals surface area contributed by atoms with Crippen molar-refractivity contribution < 1.29 is 19.4 Å². The van der Waals surface area contributed by atoms with Crippen molar-refractivity contribution >= 4 is 11.7 Å². The number of carbonyl (C=O) groups excluding carboxylic acids is 2. The van der Waals surface area contributed by atoms with Gasteiger partial charge in [0.05, 0.1) is 18.2 Å². The van der Waals surface area contributed by atoms with Gasteiger partial charge in [-0.05, 0) is 41.2 Å². The molecule has 1 unspecified atom stereocenters. The molecule has 1 aliphatic rings. The maximum absolute atomic E-state index is 13.1. The SMILES string of the molecule is CCOc1cccc(CN2C(=O)C(O)=C(C(=O)C(C)C)C2c2ccc(C(C)(C)C)cc2)c1. The molecular weight excluding hydrogens is 402 g/mol. The summed E-state index contributed by atoms with van der Waals surface area (Å²) >= 11 is 0. The standard InChI is InChI=1S/C27H33NO4/c1-7-32-21-10-8-9-18(15-21)16-28-23(19-11-13-20(14-12-19)27(4,5)6)22(24(29)17(2)3)25(30)26(28)31/h8-15,17,23,30H,7,16H2,1-6H3. The summed E-state index contributed by atoms with van der Waals surface area (Å²) in [5.74, 6) is -0.808. The lowest BCUT2D eigenvalue weighted by Crippen LogP contribution is -2.31. The summed E-state index contributed by atoms with van der Waals surface area (Å²) in [7, 11) is 0. The molecule has 1 aliphatic heterocycles. The van der Waals surface area contributed by atoms with Crippen LogP contribution in [0.1, 0.15) is 64.3 Å². The molecule has 2 aromatic carbocycles. The van der Waals surface area contributed by atoms with E-state index < -0.39 is 17.7 Å². The number of ketones is 1. The number of ether oxygens (including phenoxy) is 1. The van der Waals surface area contributed by atoms with E-state index in [4.69, 9.17) is 4.74 Å². The number of hydrogen-bond acceptors (Lipinski definition) is 4. The van der Waals surface area contributed by atoms with E-state index in [0.29, 0.717) is 6.61 Å². The molecule has 0 spiro atoms. The average Bonchev–Trinajstić information content (AvgIpc) is 2.98. The molecule has 3 rings (SSSR count). The minimum absolute atomic E-state index is 0.0159. The van der Waals surface area contributed by atoms with Crippen LogP contribution in [0, 0.1) is 5.92 Å². The molecule has 1 atom stereocenters. The van der Waals surface area contributed by atoms with Gasteiger partial charge < -0.3 is 14.7 Å². The van der Waals surface area contributed by atoms with Gasteiger partial charge in [-0.2, -0.15) is 0 Å². The van der Waals surface area contributed by atoms with Crippen LogP contribution >= 0.6 is 0 Å². The van der Waals surface area contributed by atoms with Crippen LogP contribution in [0.4, 0.5) is 0 Å². The normalized spacial score (nSPS) is 16.8. The van der Waals surface area contributed by atoms with Gasteiger partial charge in [-0.15, -0.1) is 0 Å². The zero-order valence-corrected chi connectivity index (χ0v) is 19.8. The second-order valence-electron chi connectivity index (χ2n) is 9.57. The second kappa shape index (κ2) is 9.19. The Kier molecular flexibility index (Phi) is 6.77. The quantitative estimate of drug-likeness (QED) is 0.623. The molecule has 2 aromatic rings. The minimum atomic E-state index is -0.637. The summed E-state index contributed by atoms with van der Waals surface area (Å²) in [6.45, 7) is 12.7. The number of rotatable bonds is 7. The molecule has 0 aliphatic carbocycles. The van der Waals surface area contributed by atoms with Crippen LogP contribution < -0.4 is 4.74 Å². The van der Waals surface area contributed by atoms with Crippen LogP contribution in [0.25, 0.3) is 0 Å². The third-order valence-electron chi connectivity index (χ3n) is 5.75. The van der Waals surface area contributed by atoms with Crippen LogP contribution in [0.5, 0.6) is 5.75 Å². The molecule has 0 aromatic heterocycles. The summed E-state index contributed by atoms with van der Waals surface area (Å²) < 4.78 is 5.59. The summed E-state index contributed by atoms with van der Waals surface area (Å²) in [5.41, 5.74) is 2.99. The van der Waals surface area contributed by atoms with E-state index in [9.17, 15) is 14.7 Å². The first-order valence-electron chi connectivity index (χ1n) is 11.1. The summed E-state index contributed by atoms with van der Waals surface area (Å²) in [5, 5.41) is 10.7. The first-order chi connectivity index (χ1) is 15.0. The fourth-order valence-corrected chi connectivity index (χ4v) is 3.99. The van der Waals surface area contributed by atoms with Crippen LogP contribution in [0.3, 0.4) is 0 Å². The van der Waals surface area contributed by atoms with Gasteiger partial charge in [-0.1, -0.05) is 71.0 Å². The third-order valence-corrected chi connectivity index (χ3v) is 5.75. The molecule has 32 heavy (non-hydrogen) atoms. The number of benzene rings is 2. The lowest BCUT2D eigenvalue weighted by atomic mass is 9.85. The van der Waals surface area contributed by atoms with Gasteiger partial charge in [0.25, 0.3) is 5.91 Å². The lowest BCUT2D eigenvalue weighted by Gasteiger charge is -2.28. The fourth-order valence-electron chi connectivity index (χ4n) is 3.99. The number of carbonyl (C=O) groups is 2. The molecular formula is C27H33NO4. The molecule has 1 amide bonds. The number of amides is 1. The highest BCUT2D eigenvalue weighted by molar-refractivity contribution is 6.09. The molecule has 5 heteroatoms. The maximum Gasteiger partial charge on any atom is 0.290 e. The highest BCUT2D eigenvalue weighted by Gasteiger charge is 2.44. The van der Waals surface area contributed by atoms with Crippen LogP contribution in [0.2, 0.25) is 0 Å². The Balaban J connectivity index is 2.04. The van der Waals surface area contributed by atoms with Crippen molar-refractivity contribution in [2.45, 2.75) is 59.5 Å². The molecule has 0 bridgehead atoms. The van der Waals surface area contributed by atoms with Crippen molar-refractivity contribution in [3.05, 3.63) is 76.6 Å². The van der Waals surface area contributed by atoms with Gasteiger partial charge >= 0.3 is 0 Å². The van der Waals surface area contributed by atoms with E-state index in [1.54, 1.807) is 18.7 Å². The van der Waals surface area contributed by atoms with Crippen molar-refractivity contribution in [3.8, 4) is 5.75 Å². The number of aliphatic hydroxyl groups excluding tert-OH is 1. The predicted molar refractivity (Wildman–Crippen MR) is 126 cm³/mol. The van der Waals surface area contributed by atoms with Crippen molar-refractivity contribution in [1.29, 1.82) is 0 Å². The monoisotopic (exact) mass is 435 g/mol. The smallest absolute Gasteiger partial charge is 0.290 e. The Labute approximate surface area is 190 Å². The van der Waals surface area contributed by atoms with Gasteiger partial charge in [0, 0.05) is 12.5 Å². The fraction of sp³-hybridized carbons (Fsp3) is 0.407. The predicted octanol–water partition coefficient (Wildman–Crippen LogP) is 5.50. The van der Waals surface area contributed by atoms with Crippen molar-refractivity contribution in [3.63, 3.8) is 0 Å². The van der Waals surface area contributed by atoms with Gasteiger partial charge in [-0.3, -0.25) is 9.59 Å². The second-order valence-corrected chi connectivity index (χ2v) is 9.57. The van der Waals surface area contributed by atoms with E-state index in [1.165, 1.54) is 0 Å². The average molecular weight is 436 g/mol. The zero-order valence-electron chi connectivity index (χ0n) is 19.8. The van der Waals surface area contributed by atoms with Gasteiger partial charge in [0.1, 0.15) is 5.75 Å². The van der Waals surface area contributed by atoms with E-state index in [0.717, 1.165) is 22.4 Å². The van der Waals surface area contributed by atoms with Crippen molar-refractivity contribution in [2.75, 3.05) is 6.61 Å². The van der Waals surface area contributed by atoms with Gasteiger partial charge in [0.2, 0.25) is 0 Å². The lowest BCUT2D eigenvalue weighted by molar-refractivity contribution is -0.130. The molecule has 0 saturated carbocycles. The Bertz CT molecular complexity index is 1030. The number of nitrogens with zero attached hydrogens (tertiary/aromatic N) is 1. The Morgan fingerprint density at radius 2 is 1.78 bits per heavy atom. The zero-order chi connectivity index (χ0) is 23.6. The van der Waals surface area contributed by atoms with Crippen LogP contribution in [-0.2, 0) is 21.5 Å². The number of Topliss-reactive ketones (excluding diaryl/α,β-unsaturated/α-hetero) is 1. The van der Waals surface area contributed by atoms with Crippen LogP contribution in [0.15, 0.2) is 59.9 Å². The van der Waals surface area contributed by atoms with Gasteiger partial charge in [0.15, 0.2) is 11.5 Å². The first-order valence-corrected chi connectivity index (χ1v) is 11.1. The molecule has 0 fully saturated rings. The maximum atomic E-state index is 13.1.